The molecular formula is C14H26N2O2. The SMILES string of the molecule is CC1CCC(N)C(C(=O)NC(C)C2CCOC2)C1. The molecule has 0 aromatic carbocycles. The first-order valence-electron chi connectivity index (χ1n) is 7.21. The molecule has 4 nitrogen and oxygen atoms in total. The van der Waals surface area contributed by atoms with Gasteiger partial charge in [0, 0.05) is 24.6 Å². The summed E-state index contributed by atoms with van der Waals surface area (Å²) < 4.78 is 5.37. The van der Waals surface area contributed by atoms with E-state index in [2.05, 4.69) is 19.2 Å². The molecule has 1 saturated heterocycles. The summed E-state index contributed by atoms with van der Waals surface area (Å²) in [4.78, 5) is 12.3. The second-order valence-corrected chi connectivity index (χ2v) is 6.11. The Kier molecular flexibility index (Phi) is 4.62. The van der Waals surface area contributed by atoms with E-state index >= 15 is 0 Å². The number of carbonyl (C=O) groups is 1. The van der Waals surface area contributed by atoms with Crippen molar-refractivity contribution in [2.24, 2.45) is 23.5 Å². The van der Waals surface area contributed by atoms with E-state index in [1.807, 2.05) is 0 Å². The summed E-state index contributed by atoms with van der Waals surface area (Å²) in [6.45, 7) is 5.88. The van der Waals surface area contributed by atoms with Crippen LogP contribution in [0.25, 0.3) is 0 Å². The first-order chi connectivity index (χ1) is 8.58. The van der Waals surface area contributed by atoms with Crippen molar-refractivity contribution in [3.63, 3.8) is 0 Å². The Morgan fingerprint density at radius 3 is 2.83 bits per heavy atom. The average Bonchev–Trinajstić information content (AvgIpc) is 2.85. The smallest absolute Gasteiger partial charge is 0.224 e. The molecule has 2 rings (SSSR count). The summed E-state index contributed by atoms with van der Waals surface area (Å²) in [5, 5.41) is 3.14. The Hall–Kier alpha value is -0.610. The van der Waals surface area contributed by atoms with Crippen molar-refractivity contribution in [1.82, 2.24) is 5.32 Å². The van der Waals surface area contributed by atoms with Crippen molar-refractivity contribution in [1.29, 1.82) is 0 Å². The molecule has 3 N–H and O–H groups in total. The molecule has 0 spiro atoms. The average molecular weight is 254 g/mol. The molecule has 1 aliphatic carbocycles. The lowest BCUT2D eigenvalue weighted by Crippen LogP contribution is -2.49. The van der Waals surface area contributed by atoms with Gasteiger partial charge in [0.1, 0.15) is 0 Å². The van der Waals surface area contributed by atoms with E-state index in [0.717, 1.165) is 38.9 Å². The van der Waals surface area contributed by atoms with Crippen molar-refractivity contribution >= 4 is 5.91 Å². The zero-order valence-electron chi connectivity index (χ0n) is 11.5. The van der Waals surface area contributed by atoms with Gasteiger partial charge in [0.25, 0.3) is 0 Å². The van der Waals surface area contributed by atoms with Crippen LogP contribution in [0.4, 0.5) is 0 Å². The van der Waals surface area contributed by atoms with Gasteiger partial charge >= 0.3 is 0 Å². The van der Waals surface area contributed by atoms with E-state index < -0.39 is 0 Å². The topological polar surface area (TPSA) is 64.4 Å². The largest absolute Gasteiger partial charge is 0.381 e. The van der Waals surface area contributed by atoms with Gasteiger partial charge in [-0.2, -0.15) is 0 Å². The second kappa shape index (κ2) is 6.02. The molecule has 104 valence electrons. The highest BCUT2D eigenvalue weighted by molar-refractivity contribution is 5.79. The molecule has 2 fully saturated rings. The summed E-state index contributed by atoms with van der Waals surface area (Å²) in [6.07, 6.45) is 4.10. The lowest BCUT2D eigenvalue weighted by molar-refractivity contribution is -0.127. The van der Waals surface area contributed by atoms with Crippen LogP contribution < -0.4 is 11.1 Å². The van der Waals surface area contributed by atoms with Crippen LogP contribution in [0.5, 0.6) is 0 Å². The molecule has 1 saturated carbocycles. The van der Waals surface area contributed by atoms with Gasteiger partial charge in [0.15, 0.2) is 0 Å². The molecule has 0 aromatic heterocycles. The van der Waals surface area contributed by atoms with E-state index in [1.54, 1.807) is 0 Å². The minimum Gasteiger partial charge on any atom is -0.381 e. The third kappa shape index (κ3) is 3.23. The lowest BCUT2D eigenvalue weighted by Gasteiger charge is -2.33. The predicted octanol–water partition coefficient (Wildman–Crippen LogP) is 1.29. The number of hydrogen-bond donors (Lipinski definition) is 2. The fourth-order valence-corrected chi connectivity index (χ4v) is 3.10. The van der Waals surface area contributed by atoms with Gasteiger partial charge in [-0.05, 0) is 38.5 Å². The Balaban J connectivity index is 1.85. The van der Waals surface area contributed by atoms with Crippen LogP contribution >= 0.6 is 0 Å². The Morgan fingerprint density at radius 2 is 2.17 bits per heavy atom. The zero-order valence-corrected chi connectivity index (χ0v) is 11.5. The third-order valence-corrected chi connectivity index (χ3v) is 4.54. The first kappa shape index (κ1) is 13.8. The summed E-state index contributed by atoms with van der Waals surface area (Å²) in [5.41, 5.74) is 6.09. The van der Waals surface area contributed by atoms with Gasteiger partial charge < -0.3 is 15.8 Å². The maximum atomic E-state index is 12.3. The van der Waals surface area contributed by atoms with E-state index in [4.69, 9.17) is 10.5 Å². The van der Waals surface area contributed by atoms with Gasteiger partial charge in [0.2, 0.25) is 5.91 Å². The number of amides is 1. The van der Waals surface area contributed by atoms with Crippen molar-refractivity contribution < 1.29 is 9.53 Å². The molecule has 1 heterocycles. The Labute approximate surface area is 110 Å². The monoisotopic (exact) mass is 254 g/mol. The van der Waals surface area contributed by atoms with Crippen LogP contribution in [0.15, 0.2) is 0 Å². The van der Waals surface area contributed by atoms with Gasteiger partial charge in [-0.1, -0.05) is 6.92 Å². The molecule has 0 radical (unpaired) electrons. The maximum Gasteiger partial charge on any atom is 0.224 e. The number of nitrogens with two attached hydrogens (primary N) is 1. The number of rotatable bonds is 3. The molecule has 5 unspecified atom stereocenters. The number of carbonyl (C=O) groups excluding carboxylic acids is 1. The summed E-state index contributed by atoms with van der Waals surface area (Å²) in [5.74, 6) is 1.23. The van der Waals surface area contributed by atoms with Crippen LogP contribution in [-0.4, -0.2) is 31.2 Å². The molecule has 1 amide bonds. The normalized spacial score (nSPS) is 38.4. The molecule has 2 aliphatic rings. The Bertz CT molecular complexity index is 290. The molecule has 1 aliphatic heterocycles. The molecule has 18 heavy (non-hydrogen) atoms. The fourth-order valence-electron chi connectivity index (χ4n) is 3.10. The highest BCUT2D eigenvalue weighted by atomic mass is 16.5. The van der Waals surface area contributed by atoms with E-state index in [1.165, 1.54) is 0 Å². The minimum atomic E-state index is -0.00137. The molecular weight excluding hydrogens is 228 g/mol. The standard InChI is InChI=1S/C14H26N2O2/c1-9-3-4-13(15)12(7-9)14(17)16-10(2)11-5-6-18-8-11/h9-13H,3-8,15H2,1-2H3,(H,16,17). The molecule has 4 heteroatoms. The summed E-state index contributed by atoms with van der Waals surface area (Å²) in [7, 11) is 0. The fraction of sp³-hybridized carbons (Fsp3) is 0.929. The van der Waals surface area contributed by atoms with Gasteiger partial charge in [-0.3, -0.25) is 4.79 Å². The summed E-state index contributed by atoms with van der Waals surface area (Å²) in [6, 6.07) is 0.234. The van der Waals surface area contributed by atoms with Crippen molar-refractivity contribution in [2.45, 2.75) is 51.6 Å². The highest BCUT2D eigenvalue weighted by Crippen LogP contribution is 2.28. The van der Waals surface area contributed by atoms with Crippen LogP contribution in [0, 0.1) is 17.8 Å². The quantitative estimate of drug-likeness (QED) is 0.797. The lowest BCUT2D eigenvalue weighted by atomic mass is 9.78. The maximum absolute atomic E-state index is 12.3. The molecule has 5 atom stereocenters. The zero-order chi connectivity index (χ0) is 13.1. The second-order valence-electron chi connectivity index (χ2n) is 6.11. The van der Waals surface area contributed by atoms with Crippen molar-refractivity contribution in [3.8, 4) is 0 Å². The molecule has 0 bridgehead atoms. The Morgan fingerprint density at radius 1 is 1.39 bits per heavy atom. The summed E-state index contributed by atoms with van der Waals surface area (Å²) >= 11 is 0. The van der Waals surface area contributed by atoms with E-state index in [9.17, 15) is 4.79 Å². The molecule has 0 aromatic rings. The van der Waals surface area contributed by atoms with E-state index in [-0.39, 0.29) is 23.9 Å². The van der Waals surface area contributed by atoms with E-state index in [0.29, 0.717) is 11.8 Å². The first-order valence-corrected chi connectivity index (χ1v) is 7.21. The van der Waals surface area contributed by atoms with Gasteiger partial charge in [0.05, 0.1) is 12.5 Å². The number of hydrogen-bond acceptors (Lipinski definition) is 3. The van der Waals surface area contributed by atoms with Crippen LogP contribution in [-0.2, 0) is 9.53 Å². The highest BCUT2D eigenvalue weighted by Gasteiger charge is 2.33. The van der Waals surface area contributed by atoms with Gasteiger partial charge in [-0.15, -0.1) is 0 Å². The number of nitrogens with one attached hydrogen (secondary N) is 1. The van der Waals surface area contributed by atoms with Gasteiger partial charge in [-0.25, -0.2) is 0 Å². The van der Waals surface area contributed by atoms with Crippen LogP contribution in [0.2, 0.25) is 0 Å². The number of ether oxygens (including phenoxy) is 1. The van der Waals surface area contributed by atoms with Crippen molar-refractivity contribution in [2.75, 3.05) is 13.2 Å². The third-order valence-electron chi connectivity index (χ3n) is 4.54. The minimum absolute atomic E-state index is 0.00137. The van der Waals surface area contributed by atoms with Crippen LogP contribution in [0.3, 0.4) is 0 Å². The van der Waals surface area contributed by atoms with Crippen molar-refractivity contribution in [3.05, 3.63) is 0 Å². The predicted molar refractivity (Wildman–Crippen MR) is 71.0 cm³/mol. The van der Waals surface area contributed by atoms with Crippen LogP contribution in [0.1, 0.15) is 39.5 Å².